The summed E-state index contributed by atoms with van der Waals surface area (Å²) in [5, 5.41) is 6.89. The van der Waals surface area contributed by atoms with Gasteiger partial charge in [0.1, 0.15) is 0 Å². The lowest BCUT2D eigenvalue weighted by Crippen LogP contribution is -2.22. The predicted molar refractivity (Wildman–Crippen MR) is 56.6 cm³/mol. The zero-order chi connectivity index (χ0) is 9.90. The third-order valence-electron chi connectivity index (χ3n) is 1.55. The van der Waals surface area contributed by atoms with Gasteiger partial charge in [-0.25, -0.2) is 0 Å². The number of nitrogens with zero attached hydrogens (tertiary/aromatic N) is 1. The van der Waals surface area contributed by atoms with Crippen LogP contribution in [0.2, 0.25) is 0 Å². The highest BCUT2D eigenvalue weighted by Crippen LogP contribution is 2.23. The average molecular weight is 294 g/mol. The van der Waals surface area contributed by atoms with Crippen LogP contribution in [-0.2, 0) is 16.0 Å². The first-order chi connectivity index (χ1) is 6.03. The molecule has 1 unspecified atom stereocenters. The molecule has 0 aliphatic heterocycles. The molecular formula is C8H11IN2O2. The maximum Gasteiger partial charge on any atom is 0.294 e. The van der Waals surface area contributed by atoms with E-state index in [9.17, 15) is 4.79 Å². The van der Waals surface area contributed by atoms with Gasteiger partial charge in [-0.1, -0.05) is 0 Å². The SMILES string of the molecule is Cc1cc(CC(C)(I)OC=O)n[nH]1. The molecule has 0 amide bonds. The fourth-order valence-corrected chi connectivity index (χ4v) is 1.53. The zero-order valence-electron chi connectivity index (χ0n) is 7.50. The predicted octanol–water partition coefficient (Wildman–Crippen LogP) is 1.58. The highest BCUT2D eigenvalue weighted by molar-refractivity contribution is 14.1. The Morgan fingerprint density at radius 2 is 2.54 bits per heavy atom. The van der Waals surface area contributed by atoms with Gasteiger partial charge in [-0.15, -0.1) is 0 Å². The Labute approximate surface area is 90.2 Å². The molecule has 0 fully saturated rings. The molecule has 0 bridgehead atoms. The normalized spacial score (nSPS) is 15.0. The minimum atomic E-state index is -0.513. The first kappa shape index (κ1) is 10.5. The van der Waals surface area contributed by atoms with E-state index < -0.39 is 3.61 Å². The molecule has 0 aromatic carbocycles. The lowest BCUT2D eigenvalue weighted by Gasteiger charge is -2.18. The first-order valence-electron chi connectivity index (χ1n) is 3.85. The lowest BCUT2D eigenvalue weighted by molar-refractivity contribution is -0.133. The fraction of sp³-hybridized carbons (Fsp3) is 0.500. The number of H-pyrrole nitrogens is 1. The molecule has 0 saturated heterocycles. The minimum absolute atomic E-state index is 0.464. The zero-order valence-corrected chi connectivity index (χ0v) is 9.66. The van der Waals surface area contributed by atoms with Crippen LogP contribution >= 0.6 is 22.6 Å². The Morgan fingerprint density at radius 1 is 1.85 bits per heavy atom. The molecule has 13 heavy (non-hydrogen) atoms. The summed E-state index contributed by atoms with van der Waals surface area (Å²) in [6.07, 6.45) is 0.608. The standard InChI is InChI=1S/C8H11IN2O2/c1-6-3-7(11-10-6)4-8(2,9)13-5-12/h3,5H,4H2,1-2H3,(H,10,11). The molecule has 1 rings (SSSR count). The van der Waals surface area contributed by atoms with Crippen molar-refractivity contribution in [2.24, 2.45) is 0 Å². The summed E-state index contributed by atoms with van der Waals surface area (Å²) in [5.74, 6) is 0. The second kappa shape index (κ2) is 4.08. The number of hydrogen-bond acceptors (Lipinski definition) is 3. The van der Waals surface area contributed by atoms with E-state index >= 15 is 0 Å². The molecule has 1 heterocycles. The molecule has 0 saturated carbocycles. The van der Waals surface area contributed by atoms with Gasteiger partial charge in [0.25, 0.3) is 6.47 Å². The van der Waals surface area contributed by atoms with Gasteiger partial charge < -0.3 is 4.74 Å². The summed E-state index contributed by atoms with van der Waals surface area (Å²) < 4.78 is 4.38. The van der Waals surface area contributed by atoms with Crippen LogP contribution in [0.3, 0.4) is 0 Å². The highest BCUT2D eigenvalue weighted by atomic mass is 127. The monoisotopic (exact) mass is 294 g/mol. The molecule has 4 nitrogen and oxygen atoms in total. The number of nitrogens with one attached hydrogen (secondary N) is 1. The van der Waals surface area contributed by atoms with Crippen LogP contribution in [0.4, 0.5) is 0 Å². The van der Waals surface area contributed by atoms with E-state index in [0.29, 0.717) is 12.9 Å². The fourth-order valence-electron chi connectivity index (χ4n) is 1.03. The van der Waals surface area contributed by atoms with Crippen LogP contribution in [-0.4, -0.2) is 20.3 Å². The number of aryl methyl sites for hydroxylation is 1. The number of halogens is 1. The molecular weight excluding hydrogens is 283 g/mol. The summed E-state index contributed by atoms with van der Waals surface area (Å²) in [6, 6.07) is 1.94. The third kappa shape index (κ3) is 3.33. The van der Waals surface area contributed by atoms with Crippen LogP contribution in [0.1, 0.15) is 18.3 Å². The highest BCUT2D eigenvalue weighted by Gasteiger charge is 2.22. The molecule has 0 spiro atoms. The second-order valence-corrected chi connectivity index (χ2v) is 5.32. The number of rotatable bonds is 4. The maximum absolute atomic E-state index is 10.2. The van der Waals surface area contributed by atoms with Gasteiger partial charge in [0.05, 0.1) is 5.69 Å². The van der Waals surface area contributed by atoms with Gasteiger partial charge in [-0.3, -0.25) is 9.89 Å². The summed E-state index contributed by atoms with van der Waals surface area (Å²) in [4.78, 5) is 10.2. The van der Waals surface area contributed by atoms with Crippen molar-refractivity contribution >= 4 is 29.1 Å². The van der Waals surface area contributed by atoms with Crippen molar-refractivity contribution in [1.82, 2.24) is 10.2 Å². The van der Waals surface area contributed by atoms with Crippen molar-refractivity contribution in [2.75, 3.05) is 0 Å². The maximum atomic E-state index is 10.2. The van der Waals surface area contributed by atoms with E-state index in [1.807, 2.05) is 19.9 Å². The van der Waals surface area contributed by atoms with E-state index in [-0.39, 0.29) is 0 Å². The Balaban J connectivity index is 2.62. The van der Waals surface area contributed by atoms with Crippen LogP contribution in [0.5, 0.6) is 0 Å². The molecule has 0 aliphatic rings. The van der Waals surface area contributed by atoms with Gasteiger partial charge >= 0.3 is 0 Å². The van der Waals surface area contributed by atoms with Gasteiger partial charge in [0, 0.05) is 12.1 Å². The first-order valence-corrected chi connectivity index (χ1v) is 4.92. The lowest BCUT2D eigenvalue weighted by atomic mass is 10.2. The van der Waals surface area contributed by atoms with Crippen LogP contribution < -0.4 is 0 Å². The number of hydrogen-bond donors (Lipinski definition) is 1. The van der Waals surface area contributed by atoms with E-state index in [1.54, 1.807) is 0 Å². The Hall–Kier alpha value is -0.590. The van der Waals surface area contributed by atoms with Crippen LogP contribution in [0, 0.1) is 6.92 Å². The molecule has 1 aromatic rings. The molecule has 0 radical (unpaired) electrons. The van der Waals surface area contributed by atoms with Crippen molar-refractivity contribution in [3.05, 3.63) is 17.5 Å². The topological polar surface area (TPSA) is 55.0 Å². The molecule has 1 atom stereocenters. The van der Waals surface area contributed by atoms with E-state index in [2.05, 4.69) is 32.8 Å². The third-order valence-corrected chi connectivity index (χ3v) is 2.19. The van der Waals surface area contributed by atoms with E-state index in [4.69, 9.17) is 4.74 Å². The number of carbonyl (C=O) groups excluding carboxylic acids is 1. The van der Waals surface area contributed by atoms with Gasteiger partial charge in [-0.2, -0.15) is 5.10 Å². The summed E-state index contributed by atoms with van der Waals surface area (Å²) in [7, 11) is 0. The summed E-state index contributed by atoms with van der Waals surface area (Å²) in [6.45, 7) is 4.24. The van der Waals surface area contributed by atoms with E-state index in [1.165, 1.54) is 0 Å². The second-order valence-electron chi connectivity index (χ2n) is 3.03. The van der Waals surface area contributed by atoms with Crippen molar-refractivity contribution in [1.29, 1.82) is 0 Å². The number of alkyl halides is 1. The number of aromatic amines is 1. The largest absolute Gasteiger partial charge is 0.450 e. The number of carbonyl (C=O) groups is 1. The molecule has 1 N–H and O–H groups in total. The van der Waals surface area contributed by atoms with Crippen molar-refractivity contribution in [3.8, 4) is 0 Å². The van der Waals surface area contributed by atoms with Crippen molar-refractivity contribution < 1.29 is 9.53 Å². The molecule has 1 aromatic heterocycles. The smallest absolute Gasteiger partial charge is 0.294 e. The molecule has 0 aliphatic carbocycles. The summed E-state index contributed by atoms with van der Waals surface area (Å²) >= 11 is 2.08. The summed E-state index contributed by atoms with van der Waals surface area (Å²) in [5.41, 5.74) is 1.91. The van der Waals surface area contributed by atoms with Gasteiger partial charge in [0.2, 0.25) is 0 Å². The van der Waals surface area contributed by atoms with Crippen LogP contribution in [0.15, 0.2) is 6.07 Å². The van der Waals surface area contributed by atoms with Crippen LogP contribution in [0.25, 0.3) is 0 Å². The van der Waals surface area contributed by atoms with Gasteiger partial charge in [-0.05, 0) is 42.5 Å². The minimum Gasteiger partial charge on any atom is -0.450 e. The molecule has 5 heteroatoms. The Kier molecular flexibility index (Phi) is 3.29. The average Bonchev–Trinajstić information content (AvgIpc) is 2.34. The quantitative estimate of drug-likeness (QED) is 0.521. The van der Waals surface area contributed by atoms with Crippen molar-refractivity contribution in [3.63, 3.8) is 0 Å². The van der Waals surface area contributed by atoms with E-state index in [0.717, 1.165) is 11.4 Å². The Morgan fingerprint density at radius 3 is 3.00 bits per heavy atom. The number of aromatic nitrogens is 2. The molecule has 72 valence electrons. The number of ether oxygens (including phenoxy) is 1. The van der Waals surface area contributed by atoms with Gasteiger partial charge in [0.15, 0.2) is 3.61 Å². The Bertz CT molecular complexity index is 296. The van der Waals surface area contributed by atoms with Crippen molar-refractivity contribution in [2.45, 2.75) is 23.9 Å².